The van der Waals surface area contributed by atoms with Gasteiger partial charge in [0, 0.05) is 12.2 Å². The third-order valence-electron chi connectivity index (χ3n) is 2.32. The van der Waals surface area contributed by atoms with Gasteiger partial charge in [0.25, 0.3) is 0 Å². The summed E-state index contributed by atoms with van der Waals surface area (Å²) in [6.07, 6.45) is 4.73. The summed E-state index contributed by atoms with van der Waals surface area (Å²) < 4.78 is 7.15. The molecule has 0 saturated carbocycles. The van der Waals surface area contributed by atoms with E-state index in [4.69, 9.17) is 4.74 Å². The summed E-state index contributed by atoms with van der Waals surface area (Å²) in [5.74, 6) is 0. The van der Waals surface area contributed by atoms with Gasteiger partial charge in [-0.15, -0.1) is 0 Å². The largest absolute Gasteiger partial charge is 0.373 e. The van der Waals surface area contributed by atoms with E-state index >= 15 is 0 Å². The number of epoxide rings is 1. The lowest BCUT2D eigenvalue weighted by molar-refractivity contribution is 0.395. The van der Waals surface area contributed by atoms with E-state index in [0.29, 0.717) is 12.1 Å². The summed E-state index contributed by atoms with van der Waals surface area (Å²) in [5, 5.41) is 4.47. The minimum atomic E-state index is 0.464. The fourth-order valence-corrected chi connectivity index (χ4v) is 1.34. The number of rotatable bonds is 4. The second kappa shape index (κ2) is 3.50. The molecule has 1 atom stereocenters. The summed E-state index contributed by atoms with van der Waals surface area (Å²) in [4.78, 5) is 0. The molecule has 0 amide bonds. The van der Waals surface area contributed by atoms with Crippen LogP contribution in [0.2, 0.25) is 0 Å². The van der Waals surface area contributed by atoms with E-state index in [0.717, 1.165) is 19.4 Å². The highest BCUT2D eigenvalue weighted by Gasteiger charge is 2.21. The third kappa shape index (κ3) is 2.31. The van der Waals surface area contributed by atoms with Crippen molar-refractivity contribution in [1.82, 2.24) is 9.78 Å². The Kier molecular flexibility index (Phi) is 2.36. The monoisotopic (exact) mass is 180 g/mol. The molecule has 1 aliphatic rings. The van der Waals surface area contributed by atoms with Crippen LogP contribution < -0.4 is 0 Å². The molecule has 2 rings (SSSR count). The standard InChI is InChI=1S/C10H16N2O/c1-8(2)12-6-5-9(11-12)3-4-10-7-13-10/h5-6,8,10H,3-4,7H2,1-2H3. The molecule has 1 aliphatic heterocycles. The molecule has 1 aromatic heterocycles. The average Bonchev–Trinajstić information content (AvgIpc) is 2.79. The zero-order valence-electron chi connectivity index (χ0n) is 8.23. The van der Waals surface area contributed by atoms with Gasteiger partial charge in [0.1, 0.15) is 0 Å². The maximum Gasteiger partial charge on any atom is 0.0813 e. The SMILES string of the molecule is CC(C)n1ccc(CCC2CO2)n1. The molecule has 1 aromatic rings. The van der Waals surface area contributed by atoms with Gasteiger partial charge < -0.3 is 4.74 Å². The molecule has 0 aromatic carbocycles. The van der Waals surface area contributed by atoms with Crippen molar-refractivity contribution < 1.29 is 4.74 Å². The highest BCUT2D eigenvalue weighted by Crippen LogP contribution is 2.16. The van der Waals surface area contributed by atoms with Crippen LogP contribution in [0.15, 0.2) is 12.3 Å². The zero-order chi connectivity index (χ0) is 9.26. The highest BCUT2D eigenvalue weighted by molar-refractivity contribution is 5.00. The van der Waals surface area contributed by atoms with E-state index in [1.807, 2.05) is 10.9 Å². The maximum absolute atomic E-state index is 5.15. The van der Waals surface area contributed by atoms with Gasteiger partial charge in [-0.2, -0.15) is 5.10 Å². The molecule has 3 nitrogen and oxygen atoms in total. The molecule has 1 fully saturated rings. The predicted molar refractivity (Wildman–Crippen MR) is 50.7 cm³/mol. The smallest absolute Gasteiger partial charge is 0.0813 e. The quantitative estimate of drug-likeness (QED) is 0.661. The molecule has 1 saturated heterocycles. The van der Waals surface area contributed by atoms with Crippen molar-refractivity contribution in [3.63, 3.8) is 0 Å². The summed E-state index contributed by atoms with van der Waals surface area (Å²) in [7, 11) is 0. The molecule has 72 valence electrons. The molecule has 0 N–H and O–H groups in total. The van der Waals surface area contributed by atoms with Gasteiger partial charge in [0.05, 0.1) is 18.4 Å². The molecule has 13 heavy (non-hydrogen) atoms. The van der Waals surface area contributed by atoms with Crippen LogP contribution in [0.1, 0.15) is 32.0 Å². The Bertz CT molecular complexity index is 276. The fraction of sp³-hybridized carbons (Fsp3) is 0.700. The number of ether oxygens (including phenoxy) is 1. The van der Waals surface area contributed by atoms with Gasteiger partial charge in [-0.05, 0) is 32.8 Å². The first-order valence-electron chi connectivity index (χ1n) is 4.91. The molecule has 0 aliphatic carbocycles. The second-order valence-electron chi connectivity index (χ2n) is 3.87. The Hall–Kier alpha value is -0.830. The summed E-state index contributed by atoms with van der Waals surface area (Å²) in [5.41, 5.74) is 1.18. The van der Waals surface area contributed by atoms with Crippen LogP contribution in [0.5, 0.6) is 0 Å². The van der Waals surface area contributed by atoms with Crippen molar-refractivity contribution in [2.24, 2.45) is 0 Å². The van der Waals surface area contributed by atoms with Crippen LogP contribution in [0, 0.1) is 0 Å². The molecular weight excluding hydrogens is 164 g/mol. The van der Waals surface area contributed by atoms with Gasteiger partial charge >= 0.3 is 0 Å². The lowest BCUT2D eigenvalue weighted by Crippen LogP contribution is -2.02. The predicted octanol–water partition coefficient (Wildman–Crippen LogP) is 1.80. The Morgan fingerprint density at radius 3 is 3.00 bits per heavy atom. The van der Waals surface area contributed by atoms with Crippen molar-refractivity contribution in [2.45, 2.75) is 38.8 Å². The van der Waals surface area contributed by atoms with E-state index in [2.05, 4.69) is 25.0 Å². The number of aromatic nitrogens is 2. The molecule has 3 heteroatoms. The molecule has 1 unspecified atom stereocenters. The number of hydrogen-bond donors (Lipinski definition) is 0. The van der Waals surface area contributed by atoms with Crippen LogP contribution in [0.3, 0.4) is 0 Å². The van der Waals surface area contributed by atoms with Gasteiger partial charge in [0.2, 0.25) is 0 Å². The Morgan fingerprint density at radius 1 is 1.69 bits per heavy atom. The number of hydrogen-bond acceptors (Lipinski definition) is 2. The highest BCUT2D eigenvalue weighted by atomic mass is 16.6. The van der Waals surface area contributed by atoms with E-state index < -0.39 is 0 Å². The minimum absolute atomic E-state index is 0.464. The summed E-state index contributed by atoms with van der Waals surface area (Å²) in [6, 6.07) is 2.56. The number of nitrogens with zero attached hydrogens (tertiary/aromatic N) is 2. The molecule has 0 radical (unpaired) electrons. The first-order chi connectivity index (χ1) is 6.25. The lowest BCUT2D eigenvalue weighted by atomic mass is 10.2. The minimum Gasteiger partial charge on any atom is -0.373 e. The summed E-state index contributed by atoms with van der Waals surface area (Å²) in [6.45, 7) is 5.23. The number of aryl methyl sites for hydroxylation is 1. The van der Waals surface area contributed by atoms with Gasteiger partial charge in [-0.25, -0.2) is 0 Å². The van der Waals surface area contributed by atoms with Crippen molar-refractivity contribution in [1.29, 1.82) is 0 Å². The fourth-order valence-electron chi connectivity index (χ4n) is 1.34. The van der Waals surface area contributed by atoms with Crippen LogP contribution in [-0.2, 0) is 11.2 Å². The van der Waals surface area contributed by atoms with E-state index in [-0.39, 0.29) is 0 Å². The Balaban J connectivity index is 1.88. The lowest BCUT2D eigenvalue weighted by Gasteiger charge is -2.03. The normalized spacial score (nSPS) is 21.0. The van der Waals surface area contributed by atoms with Crippen molar-refractivity contribution >= 4 is 0 Å². The maximum atomic E-state index is 5.15. The van der Waals surface area contributed by atoms with Gasteiger partial charge in [-0.1, -0.05) is 0 Å². The molecule has 0 bridgehead atoms. The van der Waals surface area contributed by atoms with Crippen molar-refractivity contribution in [3.05, 3.63) is 18.0 Å². The van der Waals surface area contributed by atoms with E-state index in [1.54, 1.807) is 0 Å². The molecule has 2 heterocycles. The van der Waals surface area contributed by atoms with Crippen LogP contribution >= 0.6 is 0 Å². The summed E-state index contributed by atoms with van der Waals surface area (Å²) >= 11 is 0. The van der Waals surface area contributed by atoms with E-state index in [9.17, 15) is 0 Å². The molecular formula is C10H16N2O. The van der Waals surface area contributed by atoms with Crippen LogP contribution in [-0.4, -0.2) is 22.5 Å². The third-order valence-corrected chi connectivity index (χ3v) is 2.32. The topological polar surface area (TPSA) is 30.4 Å². The molecule has 0 spiro atoms. The van der Waals surface area contributed by atoms with Crippen LogP contribution in [0.25, 0.3) is 0 Å². The first-order valence-corrected chi connectivity index (χ1v) is 4.91. The Morgan fingerprint density at radius 2 is 2.46 bits per heavy atom. The zero-order valence-corrected chi connectivity index (χ0v) is 8.23. The van der Waals surface area contributed by atoms with Crippen LogP contribution in [0.4, 0.5) is 0 Å². The van der Waals surface area contributed by atoms with Crippen molar-refractivity contribution in [3.8, 4) is 0 Å². The van der Waals surface area contributed by atoms with Gasteiger partial charge in [0.15, 0.2) is 0 Å². The first kappa shape index (κ1) is 8.75. The Labute approximate surface area is 78.7 Å². The second-order valence-corrected chi connectivity index (χ2v) is 3.87. The average molecular weight is 180 g/mol. The van der Waals surface area contributed by atoms with Gasteiger partial charge in [-0.3, -0.25) is 4.68 Å². The van der Waals surface area contributed by atoms with E-state index in [1.165, 1.54) is 5.69 Å². The van der Waals surface area contributed by atoms with Crippen molar-refractivity contribution in [2.75, 3.05) is 6.61 Å².